The van der Waals surface area contributed by atoms with Gasteiger partial charge in [-0.15, -0.1) is 0 Å². The second-order valence-electron chi connectivity index (χ2n) is 10.5. The highest BCUT2D eigenvalue weighted by Gasteiger charge is 2.34. The molecular formula is C34H30Cl2N4O2S. The minimum absolute atomic E-state index is 0.120. The fourth-order valence-electron chi connectivity index (χ4n) is 5.69. The van der Waals surface area contributed by atoms with Crippen LogP contribution in [0.15, 0.2) is 100 Å². The first-order valence-electron chi connectivity index (χ1n) is 14.2. The number of carbonyl (C=O) groups is 1. The first-order valence-corrected chi connectivity index (χ1v) is 15.8. The molecule has 1 aliphatic heterocycles. The molecule has 0 radical (unpaired) electrons. The summed E-state index contributed by atoms with van der Waals surface area (Å²) in [5.74, 6) is -0.120. The fourth-order valence-corrected chi connectivity index (χ4v) is 6.97. The number of aromatic nitrogens is 2. The Labute approximate surface area is 263 Å². The van der Waals surface area contributed by atoms with Crippen molar-refractivity contribution < 1.29 is 4.79 Å². The quantitative estimate of drug-likeness (QED) is 0.209. The van der Waals surface area contributed by atoms with Gasteiger partial charge in [-0.25, -0.2) is 4.99 Å². The Morgan fingerprint density at radius 2 is 1.63 bits per heavy atom. The Morgan fingerprint density at radius 1 is 0.977 bits per heavy atom. The van der Waals surface area contributed by atoms with Crippen LogP contribution in [-0.4, -0.2) is 33.0 Å². The lowest BCUT2D eigenvalue weighted by Gasteiger charge is -2.29. The van der Waals surface area contributed by atoms with Crippen LogP contribution < -0.4 is 14.9 Å². The van der Waals surface area contributed by atoms with Crippen LogP contribution in [-0.2, 0) is 11.3 Å². The molecule has 0 unspecified atom stereocenters. The second-order valence-corrected chi connectivity index (χ2v) is 12.3. The van der Waals surface area contributed by atoms with Crippen molar-refractivity contribution in [3.63, 3.8) is 0 Å². The minimum Gasteiger partial charge on any atom is -0.342 e. The summed E-state index contributed by atoms with van der Waals surface area (Å²) < 4.78 is 4.40. The Bertz CT molecular complexity index is 2050. The van der Waals surface area contributed by atoms with E-state index in [0.717, 1.165) is 27.6 Å². The maximum atomic E-state index is 14.2. The van der Waals surface area contributed by atoms with Crippen LogP contribution in [0.25, 0.3) is 17.0 Å². The van der Waals surface area contributed by atoms with Gasteiger partial charge in [-0.05, 0) is 68.3 Å². The number of halogens is 2. The van der Waals surface area contributed by atoms with Gasteiger partial charge in [0.05, 0.1) is 21.8 Å². The third-order valence-corrected chi connectivity index (χ3v) is 9.35. The van der Waals surface area contributed by atoms with Crippen molar-refractivity contribution in [2.24, 2.45) is 4.99 Å². The SMILES string of the molecule is CCN(CC)C(=O)C1=C(C)N=c2s/c(=C/c3cn(Cc4ccc(Cl)cc4)c4ccccc34)c(=O)n2[C@H]1c1ccc(Cl)cc1. The standard InChI is InChI=1S/C34H30Cl2N4O2S/c1-4-38(5-2)33(42)30-21(3)37-34-40(31(30)23-12-16-26(36)17-13-23)32(41)29(43-34)18-24-20-39(28-9-7-6-8-27(24)28)19-22-10-14-25(35)15-11-22/h6-18,20,31H,4-5,19H2,1-3H3/b29-18+/t31-/m0/s1. The van der Waals surface area contributed by atoms with E-state index in [4.69, 9.17) is 28.2 Å². The van der Waals surface area contributed by atoms with E-state index in [1.165, 1.54) is 11.3 Å². The lowest BCUT2D eigenvalue weighted by molar-refractivity contribution is -0.127. The molecule has 6 rings (SSSR count). The van der Waals surface area contributed by atoms with Gasteiger partial charge in [0.2, 0.25) is 0 Å². The average Bonchev–Trinajstić information content (AvgIpc) is 3.50. The minimum atomic E-state index is -0.616. The maximum Gasteiger partial charge on any atom is 0.271 e. The highest BCUT2D eigenvalue weighted by atomic mass is 35.5. The molecule has 0 bridgehead atoms. The van der Waals surface area contributed by atoms with E-state index >= 15 is 0 Å². The Kier molecular flexibility index (Phi) is 8.14. The molecule has 43 heavy (non-hydrogen) atoms. The van der Waals surface area contributed by atoms with Crippen molar-refractivity contribution in [1.82, 2.24) is 14.0 Å². The monoisotopic (exact) mass is 628 g/mol. The largest absolute Gasteiger partial charge is 0.342 e. The zero-order valence-electron chi connectivity index (χ0n) is 24.1. The van der Waals surface area contributed by atoms with Crippen molar-refractivity contribution in [3.8, 4) is 0 Å². The fraction of sp³-hybridized carbons (Fsp3) is 0.206. The Morgan fingerprint density at radius 3 is 2.30 bits per heavy atom. The zero-order chi connectivity index (χ0) is 30.2. The summed E-state index contributed by atoms with van der Waals surface area (Å²) in [6, 6.07) is 22.7. The molecular weight excluding hydrogens is 599 g/mol. The number of amides is 1. The predicted molar refractivity (Wildman–Crippen MR) is 176 cm³/mol. The van der Waals surface area contributed by atoms with E-state index in [-0.39, 0.29) is 11.5 Å². The van der Waals surface area contributed by atoms with Crippen molar-refractivity contribution in [2.75, 3.05) is 13.1 Å². The van der Waals surface area contributed by atoms with Crippen LogP contribution in [0.5, 0.6) is 0 Å². The van der Waals surface area contributed by atoms with Crippen LogP contribution in [0.3, 0.4) is 0 Å². The zero-order valence-corrected chi connectivity index (χ0v) is 26.4. The number of carbonyl (C=O) groups excluding carboxylic acids is 1. The normalized spacial score (nSPS) is 15.1. The van der Waals surface area contributed by atoms with Crippen LogP contribution in [0, 0.1) is 0 Å². The maximum absolute atomic E-state index is 14.2. The van der Waals surface area contributed by atoms with Gasteiger partial charge < -0.3 is 9.47 Å². The molecule has 1 amide bonds. The molecule has 1 atom stereocenters. The van der Waals surface area contributed by atoms with Crippen molar-refractivity contribution >= 4 is 57.4 Å². The van der Waals surface area contributed by atoms with Gasteiger partial charge in [0.25, 0.3) is 11.5 Å². The van der Waals surface area contributed by atoms with Crippen molar-refractivity contribution in [2.45, 2.75) is 33.4 Å². The molecule has 0 aliphatic carbocycles. The molecule has 2 aromatic heterocycles. The van der Waals surface area contributed by atoms with Gasteiger partial charge in [-0.2, -0.15) is 0 Å². The number of hydrogen-bond acceptors (Lipinski definition) is 4. The number of nitrogens with zero attached hydrogens (tertiary/aromatic N) is 4. The number of hydrogen-bond donors (Lipinski definition) is 0. The molecule has 3 heterocycles. The molecule has 3 aromatic carbocycles. The molecule has 6 nitrogen and oxygen atoms in total. The van der Waals surface area contributed by atoms with E-state index in [1.54, 1.807) is 21.6 Å². The van der Waals surface area contributed by atoms with E-state index in [2.05, 4.69) is 22.9 Å². The molecule has 5 aromatic rings. The molecule has 0 fully saturated rings. The van der Waals surface area contributed by atoms with Gasteiger partial charge in [0.1, 0.15) is 0 Å². The molecule has 0 N–H and O–H groups in total. The number of benzene rings is 3. The third kappa shape index (κ3) is 5.49. The topological polar surface area (TPSA) is 59.6 Å². The molecule has 218 valence electrons. The summed E-state index contributed by atoms with van der Waals surface area (Å²) in [6.45, 7) is 7.54. The summed E-state index contributed by atoms with van der Waals surface area (Å²) in [4.78, 5) is 35.1. The molecule has 9 heteroatoms. The average molecular weight is 630 g/mol. The number of para-hydroxylation sites is 1. The van der Waals surface area contributed by atoms with E-state index in [9.17, 15) is 9.59 Å². The van der Waals surface area contributed by atoms with Crippen LogP contribution in [0.2, 0.25) is 10.0 Å². The molecule has 0 saturated carbocycles. The van der Waals surface area contributed by atoms with Gasteiger partial charge in [-0.3, -0.25) is 14.2 Å². The number of likely N-dealkylation sites (N-methyl/N-ethyl adjacent to an activating group) is 1. The van der Waals surface area contributed by atoms with Crippen LogP contribution in [0.4, 0.5) is 0 Å². The van der Waals surface area contributed by atoms with Crippen molar-refractivity contribution in [1.29, 1.82) is 0 Å². The number of allylic oxidation sites excluding steroid dienone is 1. The summed E-state index contributed by atoms with van der Waals surface area (Å²) in [5.41, 5.74) is 4.87. The predicted octanol–water partition coefficient (Wildman–Crippen LogP) is 6.41. The van der Waals surface area contributed by atoms with Gasteiger partial charge in [0, 0.05) is 52.3 Å². The van der Waals surface area contributed by atoms with Gasteiger partial charge in [0.15, 0.2) is 4.80 Å². The third-order valence-electron chi connectivity index (χ3n) is 7.86. The smallest absolute Gasteiger partial charge is 0.271 e. The van der Waals surface area contributed by atoms with Crippen LogP contribution >= 0.6 is 34.5 Å². The van der Waals surface area contributed by atoms with Crippen molar-refractivity contribution in [3.05, 3.63) is 137 Å². The van der Waals surface area contributed by atoms with Gasteiger partial charge >= 0.3 is 0 Å². The molecule has 0 saturated heterocycles. The Balaban J connectivity index is 1.51. The summed E-state index contributed by atoms with van der Waals surface area (Å²) in [5, 5.41) is 2.33. The molecule has 0 spiro atoms. The van der Waals surface area contributed by atoms with E-state index < -0.39 is 6.04 Å². The summed E-state index contributed by atoms with van der Waals surface area (Å²) >= 11 is 13.7. The first kappa shape index (κ1) is 29.2. The Hall–Kier alpha value is -3.91. The number of fused-ring (bicyclic) bond motifs is 2. The van der Waals surface area contributed by atoms with E-state index in [1.807, 2.05) is 75.4 Å². The second kappa shape index (κ2) is 12.0. The van der Waals surface area contributed by atoms with Crippen LogP contribution in [0.1, 0.15) is 43.5 Å². The first-order chi connectivity index (χ1) is 20.8. The summed E-state index contributed by atoms with van der Waals surface area (Å²) in [7, 11) is 0. The number of rotatable bonds is 7. The van der Waals surface area contributed by atoms with E-state index in [0.29, 0.717) is 50.3 Å². The molecule has 1 aliphatic rings. The number of thiazole rings is 1. The lowest BCUT2D eigenvalue weighted by Crippen LogP contribution is -2.43. The summed E-state index contributed by atoms with van der Waals surface area (Å²) in [6.07, 6.45) is 4.02. The highest BCUT2D eigenvalue weighted by molar-refractivity contribution is 7.07. The lowest BCUT2D eigenvalue weighted by atomic mass is 9.94. The van der Waals surface area contributed by atoms with Gasteiger partial charge in [-0.1, -0.05) is 77.0 Å². The highest BCUT2D eigenvalue weighted by Crippen LogP contribution is 2.32.